The summed E-state index contributed by atoms with van der Waals surface area (Å²) in [7, 11) is 0. The van der Waals surface area contributed by atoms with Gasteiger partial charge in [-0.2, -0.15) is 11.8 Å². The van der Waals surface area contributed by atoms with Gasteiger partial charge in [0.25, 0.3) is 0 Å². The molecule has 1 unspecified atom stereocenters. The number of benzene rings is 1. The van der Waals surface area contributed by atoms with Crippen LogP contribution in [-0.2, 0) is 0 Å². The zero-order valence-electron chi connectivity index (χ0n) is 10.7. The number of anilines is 1. The van der Waals surface area contributed by atoms with Crippen LogP contribution in [0.4, 0.5) is 10.1 Å². The molecule has 1 atom stereocenters. The standard InChI is InChI=1S/C13H16BrFN2S2/c1-2-8-7-17(5-6-19-8)10-4-3-9(13(16)18)11(14)12(10)15/h3-4,8H,2,5-7H2,1H3,(H2,16,18). The molecule has 0 aliphatic carbocycles. The monoisotopic (exact) mass is 362 g/mol. The van der Waals surface area contributed by atoms with Crippen molar-refractivity contribution in [1.29, 1.82) is 0 Å². The van der Waals surface area contributed by atoms with E-state index in [-0.39, 0.29) is 10.8 Å². The highest BCUT2D eigenvalue weighted by molar-refractivity contribution is 9.10. The predicted molar refractivity (Wildman–Crippen MR) is 88.7 cm³/mol. The molecule has 0 radical (unpaired) electrons. The van der Waals surface area contributed by atoms with Crippen molar-refractivity contribution in [3.8, 4) is 0 Å². The Morgan fingerprint density at radius 1 is 1.63 bits per heavy atom. The van der Waals surface area contributed by atoms with Gasteiger partial charge < -0.3 is 10.6 Å². The fourth-order valence-corrected chi connectivity index (χ4v) is 4.19. The van der Waals surface area contributed by atoms with Crippen LogP contribution in [-0.4, -0.2) is 29.1 Å². The lowest BCUT2D eigenvalue weighted by Crippen LogP contribution is -2.38. The smallest absolute Gasteiger partial charge is 0.161 e. The first kappa shape index (κ1) is 15.1. The van der Waals surface area contributed by atoms with Crippen molar-refractivity contribution < 1.29 is 4.39 Å². The Morgan fingerprint density at radius 2 is 2.37 bits per heavy atom. The molecule has 6 heteroatoms. The second-order valence-corrected chi connectivity index (χ2v) is 7.11. The second kappa shape index (κ2) is 6.41. The first-order chi connectivity index (χ1) is 9.04. The minimum absolute atomic E-state index is 0.206. The van der Waals surface area contributed by atoms with Gasteiger partial charge >= 0.3 is 0 Å². The molecule has 0 saturated carbocycles. The molecule has 2 rings (SSSR count). The van der Waals surface area contributed by atoms with Crippen molar-refractivity contribution in [2.24, 2.45) is 5.73 Å². The predicted octanol–water partition coefficient (Wildman–Crippen LogP) is 3.55. The normalized spacial score (nSPS) is 19.5. The highest BCUT2D eigenvalue weighted by atomic mass is 79.9. The number of hydrogen-bond acceptors (Lipinski definition) is 3. The highest BCUT2D eigenvalue weighted by Gasteiger charge is 2.23. The van der Waals surface area contributed by atoms with Gasteiger partial charge in [-0.15, -0.1) is 0 Å². The van der Waals surface area contributed by atoms with Crippen molar-refractivity contribution in [2.75, 3.05) is 23.7 Å². The van der Waals surface area contributed by atoms with Gasteiger partial charge in [0, 0.05) is 29.7 Å². The van der Waals surface area contributed by atoms with Crippen molar-refractivity contribution in [2.45, 2.75) is 18.6 Å². The van der Waals surface area contributed by atoms with E-state index in [1.807, 2.05) is 11.8 Å². The van der Waals surface area contributed by atoms with Crippen LogP contribution < -0.4 is 10.6 Å². The van der Waals surface area contributed by atoms with Gasteiger partial charge in [-0.3, -0.25) is 0 Å². The lowest BCUT2D eigenvalue weighted by Gasteiger charge is -2.34. The number of thioether (sulfide) groups is 1. The lowest BCUT2D eigenvalue weighted by atomic mass is 10.1. The number of hydrogen-bond donors (Lipinski definition) is 1. The average molecular weight is 363 g/mol. The maximum Gasteiger partial charge on any atom is 0.161 e. The van der Waals surface area contributed by atoms with Crippen LogP contribution in [0.3, 0.4) is 0 Å². The fourth-order valence-electron chi connectivity index (χ4n) is 2.16. The quantitative estimate of drug-likeness (QED) is 0.832. The van der Waals surface area contributed by atoms with Crippen molar-refractivity contribution in [1.82, 2.24) is 0 Å². The molecule has 104 valence electrons. The molecule has 2 nitrogen and oxygen atoms in total. The van der Waals surface area contributed by atoms with E-state index in [1.54, 1.807) is 12.1 Å². The summed E-state index contributed by atoms with van der Waals surface area (Å²) in [6.07, 6.45) is 1.11. The van der Waals surface area contributed by atoms with Crippen LogP contribution in [0.15, 0.2) is 16.6 Å². The molecular formula is C13H16BrFN2S2. The van der Waals surface area contributed by atoms with Gasteiger partial charge in [-0.05, 0) is 34.5 Å². The van der Waals surface area contributed by atoms with Crippen LogP contribution in [0.25, 0.3) is 0 Å². The molecule has 19 heavy (non-hydrogen) atoms. The molecule has 1 aromatic carbocycles. The highest BCUT2D eigenvalue weighted by Crippen LogP contribution is 2.32. The molecule has 2 N–H and O–H groups in total. The molecule has 1 aliphatic heterocycles. The van der Waals surface area contributed by atoms with Crippen LogP contribution in [0.5, 0.6) is 0 Å². The molecular weight excluding hydrogens is 347 g/mol. The molecule has 1 aromatic rings. The maximum absolute atomic E-state index is 14.4. The molecule has 0 bridgehead atoms. The van der Waals surface area contributed by atoms with Crippen molar-refractivity contribution in [3.63, 3.8) is 0 Å². The van der Waals surface area contributed by atoms with E-state index in [4.69, 9.17) is 18.0 Å². The summed E-state index contributed by atoms with van der Waals surface area (Å²) in [5.41, 5.74) is 6.75. The van der Waals surface area contributed by atoms with E-state index in [0.717, 1.165) is 25.3 Å². The molecule has 0 aromatic heterocycles. The zero-order valence-corrected chi connectivity index (χ0v) is 13.9. The fraction of sp³-hybridized carbons (Fsp3) is 0.462. The largest absolute Gasteiger partial charge is 0.389 e. The Morgan fingerprint density at radius 3 is 3.00 bits per heavy atom. The van der Waals surface area contributed by atoms with Crippen molar-refractivity contribution >= 4 is 50.6 Å². The summed E-state index contributed by atoms with van der Waals surface area (Å²) in [5, 5.41) is 0.571. The number of rotatable bonds is 3. The van der Waals surface area contributed by atoms with Gasteiger partial charge in [0.05, 0.1) is 10.2 Å². The number of nitrogens with two attached hydrogens (primary N) is 1. The van der Waals surface area contributed by atoms with Gasteiger partial charge in [0.1, 0.15) is 4.99 Å². The minimum atomic E-state index is -0.271. The van der Waals surface area contributed by atoms with Crippen LogP contribution in [0.2, 0.25) is 0 Å². The summed E-state index contributed by atoms with van der Waals surface area (Å²) in [6.45, 7) is 3.93. The Balaban J connectivity index is 2.30. The molecule has 1 fully saturated rings. The minimum Gasteiger partial charge on any atom is -0.389 e. The van der Waals surface area contributed by atoms with Gasteiger partial charge in [0.15, 0.2) is 5.82 Å². The third-order valence-electron chi connectivity index (χ3n) is 3.26. The Bertz CT molecular complexity index is 496. The summed E-state index contributed by atoms with van der Waals surface area (Å²) >= 11 is 10.1. The van der Waals surface area contributed by atoms with Gasteiger partial charge in [-0.25, -0.2) is 4.39 Å². The summed E-state index contributed by atoms with van der Waals surface area (Å²) < 4.78 is 14.8. The molecule has 0 spiro atoms. The van der Waals surface area contributed by atoms with E-state index in [2.05, 4.69) is 27.8 Å². The zero-order chi connectivity index (χ0) is 14.0. The third-order valence-corrected chi connectivity index (χ3v) is 5.63. The maximum atomic E-state index is 14.4. The summed E-state index contributed by atoms with van der Waals surface area (Å²) in [5.74, 6) is 0.763. The van der Waals surface area contributed by atoms with E-state index in [0.29, 0.717) is 21.0 Å². The van der Waals surface area contributed by atoms with Crippen molar-refractivity contribution in [3.05, 3.63) is 28.0 Å². The van der Waals surface area contributed by atoms with E-state index in [9.17, 15) is 4.39 Å². The molecule has 1 saturated heterocycles. The van der Waals surface area contributed by atoms with Crippen LogP contribution >= 0.6 is 39.9 Å². The van der Waals surface area contributed by atoms with E-state index < -0.39 is 0 Å². The van der Waals surface area contributed by atoms with Crippen LogP contribution in [0.1, 0.15) is 18.9 Å². The number of halogens is 2. The first-order valence-corrected chi connectivity index (χ1v) is 8.44. The lowest BCUT2D eigenvalue weighted by molar-refractivity contribution is 0.607. The SMILES string of the molecule is CCC1CN(c2ccc(C(N)=S)c(Br)c2F)CCS1. The average Bonchev–Trinajstić information content (AvgIpc) is 2.41. The van der Waals surface area contributed by atoms with E-state index in [1.165, 1.54) is 0 Å². The first-order valence-electron chi connectivity index (χ1n) is 6.19. The third kappa shape index (κ3) is 3.23. The van der Waals surface area contributed by atoms with E-state index >= 15 is 0 Å². The Labute approximate surface area is 131 Å². The number of nitrogens with zero attached hydrogens (tertiary/aromatic N) is 1. The van der Waals surface area contributed by atoms with Gasteiger partial charge in [-0.1, -0.05) is 19.1 Å². The summed E-state index contributed by atoms with van der Waals surface area (Å²) in [6, 6.07) is 3.56. The molecule has 1 heterocycles. The molecule has 0 amide bonds. The Hall–Kier alpha value is -0.330. The summed E-state index contributed by atoms with van der Waals surface area (Å²) in [4.78, 5) is 2.31. The Kier molecular flexibility index (Phi) is 5.09. The number of thiocarbonyl (C=S) groups is 1. The topological polar surface area (TPSA) is 29.3 Å². The van der Waals surface area contributed by atoms with Gasteiger partial charge in [0.2, 0.25) is 0 Å². The second-order valence-electron chi connectivity index (χ2n) is 4.47. The molecule has 1 aliphatic rings. The van der Waals surface area contributed by atoms with Crippen LogP contribution in [0, 0.1) is 5.82 Å².